The summed E-state index contributed by atoms with van der Waals surface area (Å²) in [6.45, 7) is 4.91. The molecule has 90 valence electrons. The maximum Gasteiger partial charge on any atom is 0.179 e. The molecule has 0 saturated heterocycles. The number of hydrogen-bond acceptors (Lipinski definition) is 2. The van der Waals surface area contributed by atoms with Crippen molar-refractivity contribution in [2.75, 3.05) is 6.61 Å². The summed E-state index contributed by atoms with van der Waals surface area (Å²) in [7, 11) is 0. The molecule has 0 aromatic carbocycles. The number of ether oxygens (including phenoxy) is 1. The molecule has 2 nitrogen and oxygen atoms in total. The fourth-order valence-corrected chi connectivity index (χ4v) is 1.51. The summed E-state index contributed by atoms with van der Waals surface area (Å²) < 4.78 is 5.28. The van der Waals surface area contributed by atoms with Crippen LogP contribution in [0.5, 0.6) is 0 Å². The molecular formula is C13H27NO. The van der Waals surface area contributed by atoms with E-state index in [0.29, 0.717) is 5.88 Å². The Balaban J connectivity index is 2.99. The van der Waals surface area contributed by atoms with Gasteiger partial charge in [0.1, 0.15) is 0 Å². The largest absolute Gasteiger partial charge is 0.480 e. The van der Waals surface area contributed by atoms with E-state index in [4.69, 9.17) is 10.5 Å². The molecule has 0 atom stereocenters. The number of hydrogen-bond donors (Lipinski definition) is 1. The standard InChI is InChI=1S/C13H27NO/c1-3-5-6-7-8-9-10-11-12-15-13(14)4-2/h4H,3,5-12,14H2,1-2H3. The molecule has 0 radical (unpaired) electrons. The van der Waals surface area contributed by atoms with E-state index in [1.54, 1.807) is 6.08 Å². The van der Waals surface area contributed by atoms with Crippen molar-refractivity contribution in [1.29, 1.82) is 0 Å². The van der Waals surface area contributed by atoms with Crippen LogP contribution >= 0.6 is 0 Å². The van der Waals surface area contributed by atoms with E-state index in [9.17, 15) is 0 Å². The number of nitrogens with two attached hydrogens (primary N) is 1. The summed E-state index contributed by atoms with van der Waals surface area (Å²) in [6.07, 6.45) is 12.4. The Morgan fingerprint density at radius 2 is 1.53 bits per heavy atom. The van der Waals surface area contributed by atoms with E-state index >= 15 is 0 Å². The topological polar surface area (TPSA) is 35.2 Å². The molecule has 0 heterocycles. The molecule has 0 amide bonds. The average molecular weight is 213 g/mol. The van der Waals surface area contributed by atoms with E-state index in [1.165, 1.54) is 44.9 Å². The summed E-state index contributed by atoms with van der Waals surface area (Å²) in [5, 5.41) is 0. The lowest BCUT2D eigenvalue weighted by atomic mass is 10.1. The quantitative estimate of drug-likeness (QED) is 0.440. The van der Waals surface area contributed by atoms with Gasteiger partial charge in [-0.15, -0.1) is 0 Å². The second kappa shape index (κ2) is 11.4. The van der Waals surface area contributed by atoms with E-state index in [1.807, 2.05) is 6.92 Å². The lowest BCUT2D eigenvalue weighted by Gasteiger charge is -2.05. The molecule has 0 aliphatic rings. The van der Waals surface area contributed by atoms with Gasteiger partial charge in [-0.2, -0.15) is 0 Å². The molecule has 2 N–H and O–H groups in total. The molecule has 0 spiro atoms. The Bertz CT molecular complexity index is 155. The third-order valence-electron chi connectivity index (χ3n) is 2.55. The SMILES string of the molecule is CC=C(N)OCCCCCCCCCC. The van der Waals surface area contributed by atoms with E-state index in [-0.39, 0.29) is 0 Å². The van der Waals surface area contributed by atoms with Gasteiger partial charge in [0.05, 0.1) is 6.61 Å². The van der Waals surface area contributed by atoms with Crippen LogP contribution in [0, 0.1) is 0 Å². The van der Waals surface area contributed by atoms with Crippen molar-refractivity contribution in [3.05, 3.63) is 12.0 Å². The Hall–Kier alpha value is -0.660. The first-order chi connectivity index (χ1) is 7.31. The van der Waals surface area contributed by atoms with Crippen molar-refractivity contribution < 1.29 is 4.74 Å². The number of rotatable bonds is 10. The highest BCUT2D eigenvalue weighted by Crippen LogP contribution is 2.08. The van der Waals surface area contributed by atoms with Crippen LogP contribution in [-0.4, -0.2) is 6.61 Å². The molecule has 15 heavy (non-hydrogen) atoms. The minimum Gasteiger partial charge on any atom is -0.480 e. The van der Waals surface area contributed by atoms with Gasteiger partial charge >= 0.3 is 0 Å². The average Bonchev–Trinajstić information content (AvgIpc) is 2.26. The van der Waals surface area contributed by atoms with Gasteiger partial charge in [-0.25, -0.2) is 0 Å². The first-order valence-electron chi connectivity index (χ1n) is 6.35. The van der Waals surface area contributed by atoms with E-state index < -0.39 is 0 Å². The van der Waals surface area contributed by atoms with Gasteiger partial charge in [0, 0.05) is 0 Å². The fourth-order valence-electron chi connectivity index (χ4n) is 1.51. The van der Waals surface area contributed by atoms with E-state index in [0.717, 1.165) is 13.0 Å². The zero-order valence-electron chi connectivity index (χ0n) is 10.4. The first kappa shape index (κ1) is 14.3. The molecule has 0 bridgehead atoms. The zero-order valence-corrected chi connectivity index (χ0v) is 10.4. The lowest BCUT2D eigenvalue weighted by Crippen LogP contribution is -2.03. The molecule has 0 saturated carbocycles. The molecule has 0 fully saturated rings. The summed E-state index contributed by atoms with van der Waals surface area (Å²) >= 11 is 0. The summed E-state index contributed by atoms with van der Waals surface area (Å²) in [4.78, 5) is 0. The number of unbranched alkanes of at least 4 members (excludes halogenated alkanes) is 7. The molecule has 0 aliphatic carbocycles. The van der Waals surface area contributed by atoms with E-state index in [2.05, 4.69) is 6.92 Å². The van der Waals surface area contributed by atoms with Crippen LogP contribution in [0.15, 0.2) is 12.0 Å². The van der Waals surface area contributed by atoms with Crippen molar-refractivity contribution in [2.24, 2.45) is 5.73 Å². The fraction of sp³-hybridized carbons (Fsp3) is 0.846. The predicted molar refractivity (Wildman–Crippen MR) is 66.5 cm³/mol. The summed E-state index contributed by atoms with van der Waals surface area (Å²) in [6, 6.07) is 0. The van der Waals surface area contributed by atoms with Crippen molar-refractivity contribution in [1.82, 2.24) is 0 Å². The van der Waals surface area contributed by atoms with Crippen LogP contribution in [0.1, 0.15) is 65.2 Å². The molecule has 2 heteroatoms. The van der Waals surface area contributed by atoms with Gasteiger partial charge in [0.15, 0.2) is 5.88 Å². The summed E-state index contributed by atoms with van der Waals surface area (Å²) in [5.41, 5.74) is 5.51. The van der Waals surface area contributed by atoms with Crippen LogP contribution in [0.25, 0.3) is 0 Å². The Morgan fingerprint density at radius 3 is 2.07 bits per heavy atom. The predicted octanol–water partition coefficient (Wildman–Crippen LogP) is 3.96. The molecule has 0 aromatic heterocycles. The minimum absolute atomic E-state index is 0.554. The maximum atomic E-state index is 5.51. The van der Waals surface area contributed by atoms with Gasteiger partial charge in [-0.3, -0.25) is 0 Å². The number of allylic oxidation sites excluding steroid dienone is 1. The highest BCUT2D eigenvalue weighted by atomic mass is 16.5. The Labute approximate surface area is 94.9 Å². The zero-order chi connectivity index (χ0) is 11.4. The lowest BCUT2D eigenvalue weighted by molar-refractivity contribution is 0.202. The van der Waals surface area contributed by atoms with Gasteiger partial charge in [0.2, 0.25) is 0 Å². The molecule has 0 aliphatic heterocycles. The highest BCUT2D eigenvalue weighted by molar-refractivity contribution is 4.81. The monoisotopic (exact) mass is 213 g/mol. The van der Waals surface area contributed by atoms with Crippen LogP contribution in [-0.2, 0) is 4.74 Å². The molecule has 0 aromatic rings. The van der Waals surface area contributed by atoms with Crippen LogP contribution in [0.4, 0.5) is 0 Å². The van der Waals surface area contributed by atoms with Crippen LogP contribution in [0.2, 0.25) is 0 Å². The van der Waals surface area contributed by atoms with Gasteiger partial charge in [-0.1, -0.05) is 51.9 Å². The Morgan fingerprint density at radius 1 is 1.00 bits per heavy atom. The first-order valence-corrected chi connectivity index (χ1v) is 6.35. The smallest absolute Gasteiger partial charge is 0.179 e. The Kier molecular flexibility index (Phi) is 10.9. The second-order valence-electron chi connectivity index (χ2n) is 4.01. The maximum absolute atomic E-state index is 5.51. The molecule has 0 unspecified atom stereocenters. The summed E-state index contributed by atoms with van der Waals surface area (Å²) in [5.74, 6) is 0.554. The van der Waals surface area contributed by atoms with Crippen molar-refractivity contribution >= 4 is 0 Å². The van der Waals surface area contributed by atoms with Gasteiger partial charge < -0.3 is 10.5 Å². The second-order valence-corrected chi connectivity index (χ2v) is 4.01. The molecular weight excluding hydrogens is 186 g/mol. The van der Waals surface area contributed by atoms with Gasteiger partial charge in [0.25, 0.3) is 0 Å². The van der Waals surface area contributed by atoms with Gasteiger partial charge in [-0.05, 0) is 19.4 Å². The van der Waals surface area contributed by atoms with Crippen LogP contribution in [0.3, 0.4) is 0 Å². The third-order valence-corrected chi connectivity index (χ3v) is 2.55. The highest BCUT2D eigenvalue weighted by Gasteiger charge is 1.92. The van der Waals surface area contributed by atoms with Crippen molar-refractivity contribution in [3.8, 4) is 0 Å². The minimum atomic E-state index is 0.554. The van der Waals surface area contributed by atoms with Crippen molar-refractivity contribution in [2.45, 2.75) is 65.2 Å². The third kappa shape index (κ3) is 11.3. The molecule has 0 rings (SSSR count). The van der Waals surface area contributed by atoms with Crippen molar-refractivity contribution in [3.63, 3.8) is 0 Å². The van der Waals surface area contributed by atoms with Crippen LogP contribution < -0.4 is 5.73 Å². The normalized spacial score (nSPS) is 11.7.